The normalized spacial score (nSPS) is 19.7. The van der Waals surface area contributed by atoms with Crippen molar-refractivity contribution in [3.8, 4) is 0 Å². The minimum atomic E-state index is -0.583. The molecule has 6 heteroatoms. The lowest BCUT2D eigenvalue weighted by molar-refractivity contribution is -0.118. The molecule has 0 spiro atoms. The van der Waals surface area contributed by atoms with Gasteiger partial charge in [0.2, 0.25) is 0 Å². The maximum atomic E-state index is 12.7. The Hall–Kier alpha value is -3.41. The first kappa shape index (κ1) is 13.3. The van der Waals surface area contributed by atoms with Gasteiger partial charge in [-0.25, -0.2) is 5.01 Å². The first-order valence-corrected chi connectivity index (χ1v) is 7.02. The minimum absolute atomic E-state index is 0.113. The lowest BCUT2D eigenvalue weighted by Gasteiger charge is -2.14. The van der Waals surface area contributed by atoms with Crippen molar-refractivity contribution in [3.05, 3.63) is 65.7 Å². The number of anilines is 2. The van der Waals surface area contributed by atoms with Gasteiger partial charge in [0.1, 0.15) is 5.57 Å². The molecule has 0 bridgehead atoms. The van der Waals surface area contributed by atoms with Crippen molar-refractivity contribution in [1.29, 1.82) is 0 Å². The monoisotopic (exact) mass is 305 g/mol. The second-order valence-electron chi connectivity index (χ2n) is 5.17. The van der Waals surface area contributed by atoms with Crippen LogP contribution in [0.2, 0.25) is 0 Å². The molecular weight excluding hydrogens is 294 g/mol. The summed E-state index contributed by atoms with van der Waals surface area (Å²) >= 11 is 0. The number of carbonyl (C=O) groups excluding carboxylic acids is 3. The van der Waals surface area contributed by atoms with E-state index >= 15 is 0 Å². The average Bonchev–Trinajstić information content (AvgIpc) is 3.04. The van der Waals surface area contributed by atoms with E-state index in [1.807, 2.05) is 6.07 Å². The van der Waals surface area contributed by atoms with E-state index in [1.54, 1.807) is 48.5 Å². The van der Waals surface area contributed by atoms with Gasteiger partial charge in [0, 0.05) is 11.3 Å². The smallest absolute Gasteiger partial charge is 0.283 e. The Balaban J connectivity index is 1.85. The molecule has 0 aromatic heterocycles. The van der Waals surface area contributed by atoms with Crippen LogP contribution in [0, 0.1) is 0 Å². The van der Waals surface area contributed by atoms with Crippen molar-refractivity contribution in [2.24, 2.45) is 0 Å². The van der Waals surface area contributed by atoms with Gasteiger partial charge in [-0.05, 0) is 18.2 Å². The Labute approximate surface area is 131 Å². The van der Waals surface area contributed by atoms with E-state index in [-0.39, 0.29) is 11.1 Å². The first-order valence-electron chi connectivity index (χ1n) is 7.02. The molecular formula is C17H11N3O3. The standard InChI is InChI=1S/C17H11N3O3/c21-15-13(11-8-4-5-9-12(11)18-15)14-16(22)19-20(17(14)23)10-6-2-1-3-7-10/h1-9H,(H,18,21)(H,19,22)/b14-13+. The highest BCUT2D eigenvalue weighted by atomic mass is 16.2. The summed E-state index contributed by atoms with van der Waals surface area (Å²) in [6.07, 6.45) is 0. The minimum Gasteiger partial charge on any atom is -0.321 e. The highest BCUT2D eigenvalue weighted by molar-refractivity contribution is 6.44. The first-order chi connectivity index (χ1) is 11.2. The lowest BCUT2D eigenvalue weighted by Crippen LogP contribution is -2.35. The molecule has 0 unspecified atom stereocenters. The van der Waals surface area contributed by atoms with E-state index in [0.717, 1.165) is 5.01 Å². The summed E-state index contributed by atoms with van der Waals surface area (Å²) in [7, 11) is 0. The molecule has 2 aromatic rings. The fraction of sp³-hybridized carbons (Fsp3) is 0. The molecule has 112 valence electrons. The number of benzene rings is 2. The fourth-order valence-corrected chi connectivity index (χ4v) is 2.76. The second kappa shape index (κ2) is 4.81. The topological polar surface area (TPSA) is 78.5 Å². The van der Waals surface area contributed by atoms with Gasteiger partial charge in [0.15, 0.2) is 0 Å². The van der Waals surface area contributed by atoms with Crippen molar-refractivity contribution in [1.82, 2.24) is 5.43 Å². The molecule has 2 heterocycles. The summed E-state index contributed by atoms with van der Waals surface area (Å²) < 4.78 is 0. The number of nitrogens with one attached hydrogen (secondary N) is 2. The number of hydrazine groups is 1. The average molecular weight is 305 g/mol. The Morgan fingerprint density at radius 3 is 2.22 bits per heavy atom. The van der Waals surface area contributed by atoms with Crippen LogP contribution in [-0.2, 0) is 14.4 Å². The van der Waals surface area contributed by atoms with E-state index in [4.69, 9.17) is 0 Å². The van der Waals surface area contributed by atoms with Crippen LogP contribution in [0.4, 0.5) is 11.4 Å². The molecule has 2 aliphatic heterocycles. The molecule has 2 N–H and O–H groups in total. The Morgan fingerprint density at radius 2 is 1.43 bits per heavy atom. The van der Waals surface area contributed by atoms with Crippen molar-refractivity contribution in [2.75, 3.05) is 10.3 Å². The molecule has 0 radical (unpaired) electrons. The van der Waals surface area contributed by atoms with Crippen molar-refractivity contribution in [2.45, 2.75) is 0 Å². The van der Waals surface area contributed by atoms with E-state index in [1.165, 1.54) is 0 Å². The van der Waals surface area contributed by atoms with Gasteiger partial charge in [-0.2, -0.15) is 0 Å². The summed E-state index contributed by atoms with van der Waals surface area (Å²) in [5.74, 6) is -1.57. The molecule has 2 aliphatic rings. The molecule has 6 nitrogen and oxygen atoms in total. The number of nitrogens with zero attached hydrogens (tertiary/aromatic N) is 1. The highest BCUT2D eigenvalue weighted by Crippen LogP contribution is 2.35. The maximum absolute atomic E-state index is 12.7. The van der Waals surface area contributed by atoms with Crippen molar-refractivity contribution < 1.29 is 14.4 Å². The van der Waals surface area contributed by atoms with Gasteiger partial charge in [-0.15, -0.1) is 0 Å². The van der Waals surface area contributed by atoms with E-state index in [2.05, 4.69) is 10.7 Å². The molecule has 23 heavy (non-hydrogen) atoms. The fourth-order valence-electron chi connectivity index (χ4n) is 2.76. The number of para-hydroxylation sites is 2. The van der Waals surface area contributed by atoms with Crippen molar-refractivity contribution in [3.63, 3.8) is 0 Å². The molecule has 3 amide bonds. The van der Waals surface area contributed by atoms with E-state index in [0.29, 0.717) is 16.9 Å². The van der Waals surface area contributed by atoms with Crippen LogP contribution < -0.4 is 15.8 Å². The predicted octanol–water partition coefficient (Wildman–Crippen LogP) is 1.47. The Bertz CT molecular complexity index is 887. The number of amides is 3. The van der Waals surface area contributed by atoms with Crippen LogP contribution in [0.15, 0.2) is 60.2 Å². The second-order valence-corrected chi connectivity index (χ2v) is 5.17. The SMILES string of the molecule is O=C1NN(c2ccccc2)C(=O)/C1=C1/C(=O)Nc2ccccc21. The molecule has 1 fully saturated rings. The van der Waals surface area contributed by atoms with Crippen LogP contribution >= 0.6 is 0 Å². The molecule has 4 rings (SSSR count). The zero-order valence-electron chi connectivity index (χ0n) is 11.9. The van der Waals surface area contributed by atoms with E-state index in [9.17, 15) is 14.4 Å². The Morgan fingerprint density at radius 1 is 0.739 bits per heavy atom. The van der Waals surface area contributed by atoms with Crippen LogP contribution in [0.1, 0.15) is 5.56 Å². The molecule has 2 aromatic carbocycles. The summed E-state index contributed by atoms with van der Waals surface area (Å²) in [5, 5.41) is 3.82. The van der Waals surface area contributed by atoms with Gasteiger partial charge in [-0.3, -0.25) is 19.8 Å². The lowest BCUT2D eigenvalue weighted by atomic mass is 10.0. The van der Waals surface area contributed by atoms with Crippen LogP contribution in [-0.4, -0.2) is 17.7 Å². The third kappa shape index (κ3) is 1.92. The highest BCUT2D eigenvalue weighted by Gasteiger charge is 2.41. The molecule has 0 atom stereocenters. The maximum Gasteiger partial charge on any atom is 0.283 e. The predicted molar refractivity (Wildman–Crippen MR) is 84.1 cm³/mol. The van der Waals surface area contributed by atoms with Gasteiger partial charge in [0.25, 0.3) is 17.7 Å². The summed E-state index contributed by atoms with van der Waals surface area (Å²) in [6, 6.07) is 15.7. The van der Waals surface area contributed by atoms with Crippen LogP contribution in [0.3, 0.4) is 0 Å². The molecule has 1 saturated heterocycles. The van der Waals surface area contributed by atoms with Gasteiger partial charge >= 0.3 is 0 Å². The number of fused-ring (bicyclic) bond motifs is 1. The van der Waals surface area contributed by atoms with Gasteiger partial charge < -0.3 is 5.32 Å². The Kier molecular flexibility index (Phi) is 2.77. The third-order valence-corrected chi connectivity index (χ3v) is 3.79. The van der Waals surface area contributed by atoms with Crippen LogP contribution in [0.25, 0.3) is 5.57 Å². The summed E-state index contributed by atoms with van der Waals surface area (Å²) in [5.41, 5.74) is 4.17. The zero-order valence-corrected chi connectivity index (χ0v) is 11.9. The number of hydrogen-bond acceptors (Lipinski definition) is 3. The van der Waals surface area contributed by atoms with Gasteiger partial charge in [-0.1, -0.05) is 36.4 Å². The summed E-state index contributed by atoms with van der Waals surface area (Å²) in [6.45, 7) is 0. The van der Waals surface area contributed by atoms with Gasteiger partial charge in [0.05, 0.1) is 11.3 Å². The summed E-state index contributed by atoms with van der Waals surface area (Å²) in [4.78, 5) is 37.2. The molecule has 0 saturated carbocycles. The molecule has 0 aliphatic carbocycles. The third-order valence-electron chi connectivity index (χ3n) is 3.79. The quantitative estimate of drug-likeness (QED) is 0.618. The van der Waals surface area contributed by atoms with Crippen molar-refractivity contribution >= 4 is 34.7 Å². The largest absolute Gasteiger partial charge is 0.321 e. The van der Waals surface area contributed by atoms with E-state index < -0.39 is 17.7 Å². The number of carbonyl (C=O) groups is 3. The van der Waals surface area contributed by atoms with Crippen LogP contribution in [0.5, 0.6) is 0 Å². The number of hydrogen-bond donors (Lipinski definition) is 2. The zero-order chi connectivity index (χ0) is 16.0. The number of rotatable bonds is 1.